The Hall–Kier alpha value is -4.19. The smallest absolute Gasteiger partial charge is 0.251 e. The van der Waals surface area contributed by atoms with E-state index in [4.69, 9.17) is 5.10 Å². The van der Waals surface area contributed by atoms with Crippen LogP contribution in [-0.2, 0) is 17.9 Å². The minimum atomic E-state index is -0.171. The summed E-state index contributed by atoms with van der Waals surface area (Å²) in [5, 5.41) is 10.7. The summed E-state index contributed by atoms with van der Waals surface area (Å²) in [6.07, 6.45) is 3.91. The van der Waals surface area contributed by atoms with Crippen LogP contribution in [0, 0.1) is 5.92 Å². The molecule has 6 nitrogen and oxygen atoms in total. The van der Waals surface area contributed by atoms with E-state index in [2.05, 4.69) is 22.8 Å². The van der Waals surface area contributed by atoms with Gasteiger partial charge in [-0.3, -0.25) is 14.3 Å². The number of hydrogen-bond acceptors (Lipinski definition) is 3. The van der Waals surface area contributed by atoms with Gasteiger partial charge in [0, 0.05) is 41.0 Å². The van der Waals surface area contributed by atoms with Gasteiger partial charge in [-0.05, 0) is 42.7 Å². The maximum Gasteiger partial charge on any atom is 0.251 e. The minimum absolute atomic E-state index is 0.0538. The Bertz CT molecular complexity index is 1280. The third-order valence-electron chi connectivity index (χ3n) is 5.87. The first kappa shape index (κ1) is 21.6. The van der Waals surface area contributed by atoms with E-state index in [0.717, 1.165) is 35.2 Å². The molecule has 0 unspecified atom stereocenters. The summed E-state index contributed by atoms with van der Waals surface area (Å²) < 4.78 is 1.91. The predicted molar refractivity (Wildman–Crippen MR) is 132 cm³/mol. The van der Waals surface area contributed by atoms with Crippen molar-refractivity contribution in [3.63, 3.8) is 0 Å². The van der Waals surface area contributed by atoms with Gasteiger partial charge < -0.3 is 10.6 Å². The number of anilines is 1. The van der Waals surface area contributed by atoms with Crippen LogP contribution in [0.5, 0.6) is 0 Å². The van der Waals surface area contributed by atoms with E-state index in [9.17, 15) is 9.59 Å². The average molecular weight is 451 g/mol. The summed E-state index contributed by atoms with van der Waals surface area (Å²) in [6.45, 7) is 1.01. The summed E-state index contributed by atoms with van der Waals surface area (Å²) in [5.41, 5.74) is 5.23. The minimum Gasteiger partial charge on any atom is -0.348 e. The van der Waals surface area contributed by atoms with Crippen LogP contribution < -0.4 is 10.6 Å². The van der Waals surface area contributed by atoms with Crippen molar-refractivity contribution in [1.82, 2.24) is 15.1 Å². The van der Waals surface area contributed by atoms with Gasteiger partial charge in [-0.25, -0.2) is 0 Å². The summed E-state index contributed by atoms with van der Waals surface area (Å²) in [5.74, 6) is 0.0256. The van der Waals surface area contributed by atoms with Crippen molar-refractivity contribution in [2.45, 2.75) is 25.9 Å². The SMILES string of the molecule is O=C(NCc1cn(Cc2ccccc2)nc1-c1ccccc1)c1ccc(NC(=O)C2CC2)cc1. The fourth-order valence-electron chi connectivity index (χ4n) is 3.85. The highest BCUT2D eigenvalue weighted by atomic mass is 16.2. The molecule has 5 rings (SSSR count). The van der Waals surface area contributed by atoms with Crippen molar-refractivity contribution in [3.05, 3.63) is 108 Å². The van der Waals surface area contributed by atoms with Crippen molar-refractivity contribution >= 4 is 17.5 Å². The molecule has 2 N–H and O–H groups in total. The van der Waals surface area contributed by atoms with E-state index < -0.39 is 0 Å². The summed E-state index contributed by atoms with van der Waals surface area (Å²) >= 11 is 0. The molecule has 0 bridgehead atoms. The number of nitrogens with zero attached hydrogens (tertiary/aromatic N) is 2. The molecule has 1 saturated carbocycles. The maximum atomic E-state index is 12.8. The normalized spacial score (nSPS) is 12.8. The lowest BCUT2D eigenvalue weighted by Gasteiger charge is -2.08. The second-order valence-electron chi connectivity index (χ2n) is 8.58. The second kappa shape index (κ2) is 9.75. The van der Waals surface area contributed by atoms with Crippen LogP contribution in [0.25, 0.3) is 11.3 Å². The van der Waals surface area contributed by atoms with Gasteiger partial charge in [0.2, 0.25) is 5.91 Å². The first-order valence-corrected chi connectivity index (χ1v) is 11.5. The molecule has 0 spiro atoms. The zero-order chi connectivity index (χ0) is 23.3. The first-order chi connectivity index (χ1) is 16.7. The van der Waals surface area contributed by atoms with Crippen LogP contribution in [-0.4, -0.2) is 21.6 Å². The van der Waals surface area contributed by atoms with Crippen molar-refractivity contribution < 1.29 is 9.59 Å². The molecule has 1 aromatic heterocycles. The number of hydrogen-bond donors (Lipinski definition) is 2. The molecule has 3 aromatic carbocycles. The van der Waals surface area contributed by atoms with Crippen molar-refractivity contribution in [2.75, 3.05) is 5.32 Å². The highest BCUT2D eigenvalue weighted by Crippen LogP contribution is 2.30. The number of benzene rings is 3. The number of aromatic nitrogens is 2. The van der Waals surface area contributed by atoms with Gasteiger partial charge >= 0.3 is 0 Å². The van der Waals surface area contributed by atoms with E-state index >= 15 is 0 Å². The maximum absolute atomic E-state index is 12.8. The highest BCUT2D eigenvalue weighted by molar-refractivity contribution is 5.96. The molecular weight excluding hydrogens is 424 g/mol. The van der Waals surface area contributed by atoms with E-state index in [-0.39, 0.29) is 17.7 Å². The van der Waals surface area contributed by atoms with Crippen molar-refractivity contribution in [2.24, 2.45) is 5.92 Å². The van der Waals surface area contributed by atoms with E-state index in [1.165, 1.54) is 0 Å². The standard InChI is InChI=1S/C28H26N4O2/c33-27(22-13-15-25(16-14-22)30-28(34)23-11-12-23)29-17-24-19-32(18-20-7-3-1-4-8-20)31-26(24)21-9-5-2-6-10-21/h1-10,13-16,19,23H,11-12,17-18H2,(H,29,33)(H,30,34). The molecule has 4 aromatic rings. The molecule has 1 aliphatic carbocycles. The largest absolute Gasteiger partial charge is 0.348 e. The lowest BCUT2D eigenvalue weighted by atomic mass is 10.1. The van der Waals surface area contributed by atoms with Gasteiger partial charge in [-0.15, -0.1) is 0 Å². The third kappa shape index (κ3) is 5.23. The Morgan fingerprint density at radius 2 is 1.56 bits per heavy atom. The number of carbonyl (C=O) groups is 2. The van der Waals surface area contributed by atoms with Crippen LogP contribution in [0.15, 0.2) is 91.1 Å². The second-order valence-corrected chi connectivity index (χ2v) is 8.58. The Labute approximate surface area is 198 Å². The molecule has 1 heterocycles. The molecule has 0 atom stereocenters. The Morgan fingerprint density at radius 1 is 0.882 bits per heavy atom. The van der Waals surface area contributed by atoms with Crippen LogP contribution in [0.2, 0.25) is 0 Å². The van der Waals surface area contributed by atoms with Crippen LogP contribution in [0.1, 0.15) is 34.3 Å². The molecule has 1 fully saturated rings. The number of carbonyl (C=O) groups excluding carboxylic acids is 2. The molecule has 2 amide bonds. The Morgan fingerprint density at radius 3 is 2.24 bits per heavy atom. The van der Waals surface area contributed by atoms with E-state index in [0.29, 0.717) is 24.3 Å². The van der Waals surface area contributed by atoms with Gasteiger partial charge in [-0.2, -0.15) is 5.10 Å². The van der Waals surface area contributed by atoms with E-state index in [1.807, 2.05) is 59.4 Å². The van der Waals surface area contributed by atoms with Crippen LogP contribution in [0.4, 0.5) is 5.69 Å². The monoisotopic (exact) mass is 450 g/mol. The van der Waals surface area contributed by atoms with Crippen molar-refractivity contribution in [3.8, 4) is 11.3 Å². The average Bonchev–Trinajstić information content (AvgIpc) is 3.65. The molecule has 170 valence electrons. The van der Waals surface area contributed by atoms with Gasteiger partial charge in [0.25, 0.3) is 5.91 Å². The van der Waals surface area contributed by atoms with Gasteiger partial charge in [0.05, 0.1) is 12.2 Å². The fraction of sp³-hybridized carbons (Fsp3) is 0.179. The fourth-order valence-corrected chi connectivity index (χ4v) is 3.85. The predicted octanol–water partition coefficient (Wildman–Crippen LogP) is 4.88. The summed E-state index contributed by atoms with van der Waals surface area (Å²) in [4.78, 5) is 24.7. The lowest BCUT2D eigenvalue weighted by Crippen LogP contribution is -2.23. The quantitative estimate of drug-likeness (QED) is 0.402. The zero-order valence-electron chi connectivity index (χ0n) is 18.8. The van der Waals surface area contributed by atoms with Gasteiger partial charge in [0.15, 0.2) is 0 Å². The lowest BCUT2D eigenvalue weighted by molar-refractivity contribution is -0.117. The zero-order valence-corrected chi connectivity index (χ0v) is 18.8. The number of rotatable bonds is 8. The molecule has 0 radical (unpaired) electrons. The number of nitrogens with one attached hydrogen (secondary N) is 2. The Kier molecular flexibility index (Phi) is 6.21. The molecule has 0 aliphatic heterocycles. The molecule has 34 heavy (non-hydrogen) atoms. The van der Waals surface area contributed by atoms with Gasteiger partial charge in [0.1, 0.15) is 0 Å². The van der Waals surface area contributed by atoms with Crippen LogP contribution in [0.3, 0.4) is 0 Å². The Balaban J connectivity index is 1.29. The number of amides is 2. The third-order valence-corrected chi connectivity index (χ3v) is 5.87. The molecular formula is C28H26N4O2. The molecule has 1 aliphatic rings. The van der Waals surface area contributed by atoms with E-state index in [1.54, 1.807) is 24.3 Å². The summed E-state index contributed by atoms with van der Waals surface area (Å²) in [6, 6.07) is 27.2. The first-order valence-electron chi connectivity index (χ1n) is 11.5. The topological polar surface area (TPSA) is 76.0 Å². The van der Waals surface area contributed by atoms with Crippen molar-refractivity contribution in [1.29, 1.82) is 0 Å². The summed E-state index contributed by atoms with van der Waals surface area (Å²) in [7, 11) is 0. The van der Waals surface area contributed by atoms with Crippen LogP contribution >= 0.6 is 0 Å². The molecule has 6 heteroatoms. The highest BCUT2D eigenvalue weighted by Gasteiger charge is 2.29. The molecule has 0 saturated heterocycles. The van der Waals surface area contributed by atoms with Gasteiger partial charge in [-0.1, -0.05) is 60.7 Å².